The van der Waals surface area contributed by atoms with Crippen molar-refractivity contribution in [2.75, 3.05) is 0 Å². The molecule has 18 rings (SSSR count). The average molecular weight is 1390 g/mol. The standard InChI is InChI=1S/C35H21N5O.C35H19N5O.2C2H4O2.2Pd/c2*1-3-9-30-25(7-1)26-15-13-23(20-33(26)39(30)34-11-5-6-17-37-34)41-22-12-14-24-27(19-22)35-38-29-8-2-4-10-32(29)40(35)31-16-18-36-21-28(24)31;2*1-2(3)4;;/h1-21H;1-18,21H;2*1H3,(H,3,4);;/q;-2;;;;+2. The van der Waals surface area contributed by atoms with E-state index in [4.69, 9.17) is 39.2 Å². The van der Waals surface area contributed by atoms with Crippen LogP contribution in [-0.2, 0) is 50.4 Å². The Balaban J connectivity index is 0.000000148. The van der Waals surface area contributed by atoms with Crippen molar-refractivity contribution in [3.05, 3.63) is 256 Å². The SMILES string of the molecule is CC(=O)O.CC(=O)O.[Pd+2].[Pd].[c-]1c(Oc2[c-]c3c(cc2)c2ccccc2n3-c2ccccn2)ccc2c1c1nc3ccccc3n1c1ccncc21.c1ccc(-n2c3ccccc3c3ccc(Oc4ccc5c6cnccc6n6c7ccccc7nc6c5c4)cc32)nc1. The number of para-hydroxylation sites is 6. The monoisotopic (exact) mass is 1380 g/mol. The first kappa shape index (κ1) is 59.7. The van der Waals surface area contributed by atoms with E-state index in [9.17, 15) is 0 Å². The Kier molecular flexibility index (Phi) is 16.2. The molecule has 18 aromatic rings. The molecular weight excluding hydrogens is 1340 g/mol. The van der Waals surface area contributed by atoms with Crippen LogP contribution >= 0.6 is 0 Å². The normalized spacial score (nSPS) is 11.2. The first-order valence-corrected chi connectivity index (χ1v) is 28.8. The maximum absolute atomic E-state index is 9.00. The van der Waals surface area contributed by atoms with E-state index in [0.29, 0.717) is 11.5 Å². The number of pyridine rings is 6. The van der Waals surface area contributed by atoms with Crippen LogP contribution in [0.25, 0.3) is 132 Å². The third-order valence-electron chi connectivity index (χ3n) is 15.6. The molecule has 0 saturated heterocycles. The largest absolute Gasteiger partial charge is 2.00 e. The van der Waals surface area contributed by atoms with Gasteiger partial charge in [-0.15, -0.1) is 29.7 Å². The summed E-state index contributed by atoms with van der Waals surface area (Å²) in [5, 5.41) is 25.5. The van der Waals surface area contributed by atoms with Gasteiger partial charge in [-0.3, -0.25) is 33.5 Å². The predicted octanol–water partition coefficient (Wildman–Crippen LogP) is 16.7. The number of carboxylic acids is 2. The van der Waals surface area contributed by atoms with Crippen LogP contribution in [0.3, 0.4) is 0 Å². The van der Waals surface area contributed by atoms with Crippen LogP contribution in [-0.4, -0.2) is 70.0 Å². The Bertz CT molecular complexity index is 5510. The molecule has 0 unspecified atom stereocenters. The number of fused-ring (bicyclic) bond motifs is 22. The second-order valence-corrected chi connectivity index (χ2v) is 21.2. The van der Waals surface area contributed by atoms with Crippen molar-refractivity contribution in [3.63, 3.8) is 0 Å². The molecular formula is C74H48N10O6Pd2. The minimum Gasteiger partial charge on any atom is -0.503 e. The molecule has 0 fully saturated rings. The Morgan fingerprint density at radius 2 is 0.870 bits per heavy atom. The van der Waals surface area contributed by atoms with Crippen LogP contribution in [0.15, 0.2) is 243 Å². The molecule has 0 spiro atoms. The summed E-state index contributed by atoms with van der Waals surface area (Å²) in [6.07, 6.45) is 11.1. The van der Waals surface area contributed by atoms with Gasteiger partial charge in [-0.05, 0) is 119 Å². The Morgan fingerprint density at radius 1 is 0.402 bits per heavy atom. The zero-order valence-corrected chi connectivity index (χ0v) is 51.8. The number of ether oxygens (including phenoxy) is 2. The molecule has 0 saturated carbocycles. The molecule has 18 heteroatoms. The number of rotatable bonds is 6. The Morgan fingerprint density at radius 3 is 1.49 bits per heavy atom. The van der Waals surface area contributed by atoms with Crippen LogP contribution in [0, 0.1) is 12.1 Å². The number of hydrogen-bond donors (Lipinski definition) is 2. The second-order valence-electron chi connectivity index (χ2n) is 21.2. The molecule has 2 N–H and O–H groups in total. The quantitative estimate of drug-likeness (QED) is 0.0912. The fourth-order valence-corrected chi connectivity index (χ4v) is 12.1. The third kappa shape index (κ3) is 10.7. The van der Waals surface area contributed by atoms with Gasteiger partial charge in [-0.25, -0.2) is 15.0 Å². The first-order chi connectivity index (χ1) is 44.1. The number of carbonyl (C=O) groups is 2. The van der Waals surface area contributed by atoms with Gasteiger partial charge in [-0.1, -0.05) is 95.2 Å². The third-order valence-corrected chi connectivity index (χ3v) is 15.6. The first-order valence-electron chi connectivity index (χ1n) is 28.8. The van der Waals surface area contributed by atoms with Gasteiger partial charge in [0.15, 0.2) is 0 Å². The van der Waals surface area contributed by atoms with E-state index in [1.165, 1.54) is 5.39 Å². The van der Waals surface area contributed by atoms with Crippen molar-refractivity contribution in [2.45, 2.75) is 13.8 Å². The van der Waals surface area contributed by atoms with Crippen molar-refractivity contribution >= 4 is 132 Å². The van der Waals surface area contributed by atoms with E-state index in [-0.39, 0.29) is 40.8 Å². The molecule has 92 heavy (non-hydrogen) atoms. The van der Waals surface area contributed by atoms with Gasteiger partial charge in [0.25, 0.3) is 11.9 Å². The van der Waals surface area contributed by atoms with Crippen molar-refractivity contribution in [1.29, 1.82) is 0 Å². The van der Waals surface area contributed by atoms with Gasteiger partial charge in [0.05, 0.1) is 44.3 Å². The fourth-order valence-electron chi connectivity index (χ4n) is 12.1. The number of aliphatic carboxylic acids is 2. The van der Waals surface area contributed by atoms with Gasteiger partial charge in [0, 0.05) is 122 Å². The number of nitrogens with zero attached hydrogens (tertiary/aromatic N) is 10. The molecule has 0 aliphatic carbocycles. The van der Waals surface area contributed by atoms with Crippen LogP contribution in [0.1, 0.15) is 13.8 Å². The van der Waals surface area contributed by atoms with E-state index in [1.54, 1.807) is 6.20 Å². The summed E-state index contributed by atoms with van der Waals surface area (Å²) >= 11 is 0. The molecule has 0 atom stereocenters. The van der Waals surface area contributed by atoms with Gasteiger partial charge in [0.2, 0.25) is 0 Å². The maximum atomic E-state index is 9.00. The fraction of sp³-hybridized carbons (Fsp3) is 0.0270. The predicted molar refractivity (Wildman–Crippen MR) is 353 cm³/mol. The summed E-state index contributed by atoms with van der Waals surface area (Å²) in [4.78, 5) is 46.1. The molecule has 0 bridgehead atoms. The van der Waals surface area contributed by atoms with E-state index in [0.717, 1.165) is 152 Å². The smallest absolute Gasteiger partial charge is 0.503 e. The topological polar surface area (TPSA) is 189 Å². The van der Waals surface area contributed by atoms with Crippen molar-refractivity contribution in [3.8, 4) is 34.6 Å². The number of imidazole rings is 2. The molecule has 0 aliphatic rings. The van der Waals surface area contributed by atoms with Gasteiger partial charge in [-0.2, -0.15) is 6.07 Å². The van der Waals surface area contributed by atoms with E-state index >= 15 is 0 Å². The summed E-state index contributed by atoms with van der Waals surface area (Å²) in [5.41, 5.74) is 12.0. The van der Waals surface area contributed by atoms with E-state index < -0.39 is 11.9 Å². The average Bonchev–Trinajstić information content (AvgIpc) is 1.47. The molecule has 0 aliphatic heterocycles. The molecule has 10 heterocycles. The number of benzene rings is 8. The Labute approximate surface area is 550 Å². The number of carboxylic acid groups (broad SMARTS) is 2. The van der Waals surface area contributed by atoms with Gasteiger partial charge in [0.1, 0.15) is 28.8 Å². The molecule has 10 aromatic heterocycles. The molecule has 450 valence electrons. The van der Waals surface area contributed by atoms with Gasteiger partial charge >= 0.3 is 20.4 Å². The van der Waals surface area contributed by atoms with Crippen molar-refractivity contribution in [2.24, 2.45) is 0 Å². The van der Waals surface area contributed by atoms with Crippen molar-refractivity contribution in [1.82, 2.24) is 47.8 Å². The minimum atomic E-state index is -0.833. The zero-order chi connectivity index (χ0) is 61.0. The number of hydrogen-bond acceptors (Lipinski definition) is 10. The summed E-state index contributed by atoms with van der Waals surface area (Å²) in [7, 11) is 0. The van der Waals surface area contributed by atoms with Gasteiger partial charge < -0.3 is 28.7 Å². The molecule has 16 nitrogen and oxygen atoms in total. The van der Waals surface area contributed by atoms with Crippen LogP contribution in [0.5, 0.6) is 23.0 Å². The van der Waals surface area contributed by atoms with Crippen molar-refractivity contribution < 1.29 is 70.1 Å². The molecule has 0 radical (unpaired) electrons. The zero-order valence-electron chi connectivity index (χ0n) is 48.7. The Hall–Kier alpha value is -11.2. The summed E-state index contributed by atoms with van der Waals surface area (Å²) in [6, 6.07) is 76.7. The van der Waals surface area contributed by atoms with E-state index in [2.05, 4.69) is 153 Å². The summed E-state index contributed by atoms with van der Waals surface area (Å²) < 4.78 is 21.7. The molecule has 0 amide bonds. The van der Waals surface area contributed by atoms with E-state index in [1.807, 2.05) is 134 Å². The number of aromatic nitrogens is 10. The van der Waals surface area contributed by atoms with Crippen LogP contribution < -0.4 is 9.47 Å². The maximum Gasteiger partial charge on any atom is 2.00 e. The van der Waals surface area contributed by atoms with Crippen LogP contribution in [0.4, 0.5) is 0 Å². The second kappa shape index (κ2) is 25.0. The summed E-state index contributed by atoms with van der Waals surface area (Å²) in [6.45, 7) is 2.17. The summed E-state index contributed by atoms with van der Waals surface area (Å²) in [5.74, 6) is 2.72. The minimum absolute atomic E-state index is 0. The van der Waals surface area contributed by atoms with Crippen LogP contribution in [0.2, 0.25) is 0 Å². The molecule has 8 aromatic carbocycles.